The van der Waals surface area contributed by atoms with E-state index in [2.05, 4.69) is 0 Å². The summed E-state index contributed by atoms with van der Waals surface area (Å²) in [7, 11) is 0. The maximum atomic E-state index is 10.4. The Morgan fingerprint density at radius 3 is 2.07 bits per heavy atom. The Kier molecular flexibility index (Phi) is 3.47. The fourth-order valence-corrected chi connectivity index (χ4v) is 1.08. The maximum Gasteiger partial charge on any atom is 0.0748 e. The van der Waals surface area contributed by atoms with Gasteiger partial charge in [0.1, 0.15) is 0 Å². The van der Waals surface area contributed by atoms with Crippen LogP contribution in [0.3, 0.4) is 0 Å². The Hall–Kier alpha value is -1.56. The number of carbonyl (C=O) groups is 2. The van der Waals surface area contributed by atoms with Crippen molar-refractivity contribution in [1.29, 1.82) is 0 Å². The van der Waals surface area contributed by atoms with E-state index in [0.717, 1.165) is 6.20 Å². The molecule has 78 valence electrons. The summed E-state index contributed by atoms with van der Waals surface area (Å²) in [6.45, 7) is 1.82. The number of aliphatic carboxylic acids is 2. The number of nitrogens with zero attached hydrogens (tertiary/aromatic N) is 1. The fourth-order valence-electron chi connectivity index (χ4n) is 1.08. The van der Waals surface area contributed by atoms with E-state index in [1.54, 1.807) is 4.90 Å². The summed E-state index contributed by atoms with van der Waals surface area (Å²) in [6, 6.07) is 0. The van der Waals surface area contributed by atoms with Crippen molar-refractivity contribution in [2.24, 2.45) is 0 Å². The average molecular weight is 199 g/mol. The van der Waals surface area contributed by atoms with Crippen LogP contribution in [0.5, 0.6) is 0 Å². The molecule has 1 aliphatic rings. The largest absolute Gasteiger partial charge is 0.545 e. The van der Waals surface area contributed by atoms with Crippen molar-refractivity contribution >= 4 is 11.9 Å². The summed E-state index contributed by atoms with van der Waals surface area (Å²) >= 11 is 0. The second-order valence-corrected chi connectivity index (χ2v) is 2.77. The molecular formula is C8H9NO5-2. The molecular weight excluding hydrogens is 190 g/mol. The standard InChI is InChI=1S/C8H11NO5/c10-7(11)6(8(12)13)5-9-1-3-14-4-2-9/h5H,1-4H2,(H,10,11)(H,12,13)/p-2. The number of carbonyl (C=O) groups excluding carboxylic acids is 2. The normalized spacial score (nSPS) is 16.1. The van der Waals surface area contributed by atoms with Crippen LogP contribution >= 0.6 is 0 Å². The molecule has 1 heterocycles. The Bertz CT molecular complexity index is 251. The van der Waals surface area contributed by atoms with Gasteiger partial charge in [0.15, 0.2) is 0 Å². The van der Waals surface area contributed by atoms with Crippen molar-refractivity contribution in [3.63, 3.8) is 0 Å². The van der Waals surface area contributed by atoms with Gasteiger partial charge in [-0.05, 0) is 0 Å². The van der Waals surface area contributed by atoms with Crippen LogP contribution in [0.1, 0.15) is 0 Å². The Labute approximate surface area is 80.4 Å². The van der Waals surface area contributed by atoms with E-state index in [0.29, 0.717) is 26.3 Å². The summed E-state index contributed by atoms with van der Waals surface area (Å²) in [5, 5.41) is 20.7. The molecule has 6 heteroatoms. The van der Waals surface area contributed by atoms with Gasteiger partial charge in [-0.2, -0.15) is 0 Å². The first-order chi connectivity index (χ1) is 6.61. The highest BCUT2D eigenvalue weighted by molar-refractivity contribution is 6.10. The molecule has 0 bridgehead atoms. The molecule has 0 unspecified atom stereocenters. The molecule has 0 aromatic heterocycles. The molecule has 1 rings (SSSR count). The molecule has 1 fully saturated rings. The van der Waals surface area contributed by atoms with Crippen LogP contribution in [-0.2, 0) is 14.3 Å². The van der Waals surface area contributed by atoms with Crippen molar-refractivity contribution < 1.29 is 24.5 Å². The van der Waals surface area contributed by atoms with Gasteiger partial charge in [-0.3, -0.25) is 0 Å². The average Bonchev–Trinajstić information content (AvgIpc) is 2.15. The Morgan fingerprint density at radius 2 is 1.64 bits per heavy atom. The first kappa shape index (κ1) is 10.5. The molecule has 0 radical (unpaired) electrons. The first-order valence-electron chi connectivity index (χ1n) is 4.07. The van der Waals surface area contributed by atoms with Crippen LogP contribution in [0, 0.1) is 0 Å². The van der Waals surface area contributed by atoms with E-state index in [4.69, 9.17) is 4.74 Å². The lowest BCUT2D eigenvalue weighted by atomic mass is 10.3. The Morgan fingerprint density at radius 1 is 1.14 bits per heavy atom. The summed E-state index contributed by atoms with van der Waals surface area (Å²) in [4.78, 5) is 22.3. The zero-order valence-corrected chi connectivity index (χ0v) is 7.39. The van der Waals surface area contributed by atoms with E-state index in [-0.39, 0.29) is 0 Å². The van der Waals surface area contributed by atoms with Gasteiger partial charge in [0.2, 0.25) is 0 Å². The molecule has 0 spiro atoms. The molecule has 0 aromatic carbocycles. The third-order valence-electron chi connectivity index (χ3n) is 1.80. The summed E-state index contributed by atoms with van der Waals surface area (Å²) in [5.41, 5.74) is -0.841. The highest BCUT2D eigenvalue weighted by Crippen LogP contribution is 2.01. The van der Waals surface area contributed by atoms with Gasteiger partial charge in [-0.25, -0.2) is 0 Å². The second kappa shape index (κ2) is 4.61. The molecule has 0 saturated carbocycles. The van der Waals surface area contributed by atoms with Crippen molar-refractivity contribution in [2.45, 2.75) is 0 Å². The molecule has 1 aliphatic heterocycles. The van der Waals surface area contributed by atoms with Crippen molar-refractivity contribution in [3.8, 4) is 0 Å². The third kappa shape index (κ3) is 2.74. The molecule has 6 nitrogen and oxygen atoms in total. The lowest BCUT2D eigenvalue weighted by molar-refractivity contribution is -0.312. The van der Waals surface area contributed by atoms with Gasteiger partial charge in [-0.1, -0.05) is 0 Å². The van der Waals surface area contributed by atoms with Gasteiger partial charge < -0.3 is 29.4 Å². The molecule has 0 N–H and O–H groups in total. The fraction of sp³-hybridized carbons (Fsp3) is 0.500. The lowest BCUT2D eigenvalue weighted by Crippen LogP contribution is -2.39. The summed E-state index contributed by atoms with van der Waals surface area (Å²) < 4.78 is 5.01. The Balaban J connectivity index is 2.70. The van der Waals surface area contributed by atoms with Crippen molar-refractivity contribution in [3.05, 3.63) is 11.8 Å². The molecule has 0 aromatic rings. The lowest BCUT2D eigenvalue weighted by Gasteiger charge is -2.26. The number of rotatable bonds is 3. The van der Waals surface area contributed by atoms with Crippen molar-refractivity contribution in [1.82, 2.24) is 4.90 Å². The molecule has 0 atom stereocenters. The van der Waals surface area contributed by atoms with Crippen LogP contribution in [0.25, 0.3) is 0 Å². The minimum absolute atomic E-state index is 0.448. The maximum absolute atomic E-state index is 10.4. The number of ether oxygens (including phenoxy) is 1. The smallest absolute Gasteiger partial charge is 0.0748 e. The summed E-state index contributed by atoms with van der Waals surface area (Å²) in [6.07, 6.45) is 1.02. The van der Waals surface area contributed by atoms with Crippen LogP contribution in [0.4, 0.5) is 0 Å². The second-order valence-electron chi connectivity index (χ2n) is 2.77. The minimum atomic E-state index is -1.74. The molecule has 0 amide bonds. The zero-order valence-electron chi connectivity index (χ0n) is 7.39. The molecule has 14 heavy (non-hydrogen) atoms. The summed E-state index contributed by atoms with van der Waals surface area (Å²) in [5.74, 6) is -3.48. The molecule has 1 saturated heterocycles. The number of hydrogen-bond donors (Lipinski definition) is 0. The predicted molar refractivity (Wildman–Crippen MR) is 40.5 cm³/mol. The van der Waals surface area contributed by atoms with Crippen LogP contribution < -0.4 is 10.2 Å². The van der Waals surface area contributed by atoms with Gasteiger partial charge in [0.05, 0.1) is 25.2 Å². The molecule has 0 aliphatic carbocycles. The first-order valence-corrected chi connectivity index (χ1v) is 4.07. The van der Waals surface area contributed by atoms with Crippen molar-refractivity contribution in [2.75, 3.05) is 26.3 Å². The van der Waals surface area contributed by atoms with E-state index >= 15 is 0 Å². The predicted octanol–water partition coefficient (Wildman–Crippen LogP) is -3.30. The number of carboxylic acid groups (broad SMARTS) is 2. The number of hydrogen-bond acceptors (Lipinski definition) is 6. The highest BCUT2D eigenvalue weighted by Gasteiger charge is 2.08. The van der Waals surface area contributed by atoms with E-state index in [1.807, 2.05) is 0 Å². The highest BCUT2D eigenvalue weighted by atomic mass is 16.5. The number of morpholine rings is 1. The van der Waals surface area contributed by atoms with Gasteiger partial charge in [-0.15, -0.1) is 0 Å². The third-order valence-corrected chi connectivity index (χ3v) is 1.80. The van der Waals surface area contributed by atoms with Crippen LogP contribution in [0.2, 0.25) is 0 Å². The van der Waals surface area contributed by atoms with E-state index in [9.17, 15) is 19.8 Å². The van der Waals surface area contributed by atoms with Gasteiger partial charge >= 0.3 is 0 Å². The van der Waals surface area contributed by atoms with Crippen LogP contribution in [0.15, 0.2) is 11.8 Å². The monoisotopic (exact) mass is 199 g/mol. The topological polar surface area (TPSA) is 92.7 Å². The van der Waals surface area contributed by atoms with Gasteiger partial charge in [0.25, 0.3) is 0 Å². The van der Waals surface area contributed by atoms with E-state index in [1.165, 1.54) is 0 Å². The minimum Gasteiger partial charge on any atom is -0.545 e. The zero-order chi connectivity index (χ0) is 10.6. The SMILES string of the molecule is O=C([O-])C(=CN1CCOCC1)C(=O)[O-]. The van der Waals surface area contributed by atoms with Gasteiger partial charge in [0, 0.05) is 24.9 Å². The number of carboxylic acids is 2. The van der Waals surface area contributed by atoms with Crippen LogP contribution in [-0.4, -0.2) is 43.1 Å². The van der Waals surface area contributed by atoms with E-state index < -0.39 is 17.5 Å². The quantitative estimate of drug-likeness (QED) is 0.268.